The van der Waals surface area contributed by atoms with Crippen LogP contribution in [0.2, 0.25) is 0 Å². The molecule has 122 valence electrons. The normalized spacial score (nSPS) is 17.5. The Balaban J connectivity index is 1.80. The fourth-order valence-corrected chi connectivity index (χ4v) is 3.15. The zero-order valence-corrected chi connectivity index (χ0v) is 13.8. The van der Waals surface area contributed by atoms with Crippen molar-refractivity contribution in [2.45, 2.75) is 39.3 Å². The van der Waals surface area contributed by atoms with E-state index in [4.69, 9.17) is 4.74 Å². The molecule has 0 saturated carbocycles. The maximum absolute atomic E-state index is 12.9. The number of hydrogen-bond acceptors (Lipinski definition) is 4. The van der Waals surface area contributed by atoms with Gasteiger partial charge in [-0.3, -0.25) is 4.79 Å². The number of methoxy groups -OCH3 is 1. The molecular formula is C17H22N4O2. The van der Waals surface area contributed by atoms with Gasteiger partial charge in [-0.1, -0.05) is 0 Å². The van der Waals surface area contributed by atoms with E-state index in [9.17, 15) is 4.79 Å². The summed E-state index contributed by atoms with van der Waals surface area (Å²) in [7, 11) is 1.57. The van der Waals surface area contributed by atoms with E-state index in [-0.39, 0.29) is 11.9 Å². The van der Waals surface area contributed by atoms with E-state index >= 15 is 0 Å². The van der Waals surface area contributed by atoms with E-state index in [1.807, 2.05) is 31.0 Å². The molecule has 1 unspecified atom stereocenters. The highest BCUT2D eigenvalue weighted by molar-refractivity contribution is 5.95. The Morgan fingerprint density at radius 3 is 2.91 bits per heavy atom. The first-order chi connectivity index (χ1) is 11.1. The summed E-state index contributed by atoms with van der Waals surface area (Å²) in [4.78, 5) is 23.4. The molecule has 0 bridgehead atoms. The van der Waals surface area contributed by atoms with Crippen LogP contribution in [0.25, 0.3) is 0 Å². The van der Waals surface area contributed by atoms with Crippen molar-refractivity contribution in [3.05, 3.63) is 41.6 Å². The number of imidazole rings is 1. The molecule has 3 rings (SSSR count). The molecule has 23 heavy (non-hydrogen) atoms. The Hall–Kier alpha value is -2.37. The highest BCUT2D eigenvalue weighted by atomic mass is 16.5. The van der Waals surface area contributed by atoms with Crippen molar-refractivity contribution in [1.29, 1.82) is 0 Å². The van der Waals surface area contributed by atoms with Crippen LogP contribution in [0.15, 0.2) is 24.5 Å². The SMILES string of the molecule is COc1cc(C(=O)N2CCCC2Cn2ccnc2C)cc(C)n1. The zero-order chi connectivity index (χ0) is 16.4. The highest BCUT2D eigenvalue weighted by Gasteiger charge is 2.30. The standard InChI is InChI=1S/C17H22N4O2/c1-12-9-14(10-16(19-12)23-3)17(22)21-7-4-5-15(21)11-20-8-6-18-13(20)2/h6,8-10,15H,4-5,7,11H2,1-3H3. The van der Waals surface area contributed by atoms with Crippen molar-refractivity contribution < 1.29 is 9.53 Å². The second-order valence-corrected chi connectivity index (χ2v) is 5.96. The van der Waals surface area contributed by atoms with Crippen LogP contribution in [0, 0.1) is 13.8 Å². The Labute approximate surface area is 136 Å². The van der Waals surface area contributed by atoms with Crippen LogP contribution in [0.3, 0.4) is 0 Å². The first kappa shape index (κ1) is 15.5. The van der Waals surface area contributed by atoms with Crippen molar-refractivity contribution in [2.75, 3.05) is 13.7 Å². The molecule has 0 aliphatic carbocycles. The summed E-state index contributed by atoms with van der Waals surface area (Å²) in [6, 6.07) is 3.74. The van der Waals surface area contributed by atoms with Crippen molar-refractivity contribution in [3.8, 4) is 5.88 Å². The zero-order valence-electron chi connectivity index (χ0n) is 13.8. The molecule has 1 aliphatic rings. The van der Waals surface area contributed by atoms with Gasteiger partial charge in [-0.05, 0) is 32.8 Å². The minimum Gasteiger partial charge on any atom is -0.481 e. The van der Waals surface area contributed by atoms with E-state index < -0.39 is 0 Å². The largest absolute Gasteiger partial charge is 0.481 e. The molecule has 1 atom stereocenters. The number of rotatable bonds is 4. The van der Waals surface area contributed by atoms with Crippen molar-refractivity contribution in [2.24, 2.45) is 0 Å². The molecule has 2 aromatic rings. The van der Waals surface area contributed by atoms with Crippen LogP contribution in [-0.2, 0) is 6.54 Å². The molecule has 6 nitrogen and oxygen atoms in total. The molecule has 1 aliphatic heterocycles. The molecule has 1 fully saturated rings. The predicted octanol–water partition coefficient (Wildman–Crippen LogP) is 2.21. The number of aryl methyl sites for hydroxylation is 2. The number of carbonyl (C=O) groups is 1. The van der Waals surface area contributed by atoms with Gasteiger partial charge in [-0.2, -0.15) is 0 Å². The van der Waals surface area contributed by atoms with E-state index in [2.05, 4.69) is 14.5 Å². The quantitative estimate of drug-likeness (QED) is 0.868. The van der Waals surface area contributed by atoms with Crippen molar-refractivity contribution in [3.63, 3.8) is 0 Å². The van der Waals surface area contributed by atoms with Crippen LogP contribution >= 0.6 is 0 Å². The van der Waals surface area contributed by atoms with Gasteiger partial charge in [0.1, 0.15) is 5.82 Å². The summed E-state index contributed by atoms with van der Waals surface area (Å²) >= 11 is 0. The topological polar surface area (TPSA) is 60.2 Å². The van der Waals surface area contributed by atoms with Gasteiger partial charge < -0.3 is 14.2 Å². The number of amides is 1. The third-order valence-electron chi connectivity index (χ3n) is 4.36. The van der Waals surface area contributed by atoms with Gasteiger partial charge in [-0.25, -0.2) is 9.97 Å². The first-order valence-corrected chi connectivity index (χ1v) is 7.90. The molecule has 1 saturated heterocycles. The van der Waals surface area contributed by atoms with E-state index in [0.717, 1.165) is 37.4 Å². The Kier molecular flexibility index (Phi) is 4.32. The lowest BCUT2D eigenvalue weighted by Crippen LogP contribution is -2.38. The second kappa shape index (κ2) is 6.40. The van der Waals surface area contributed by atoms with Crippen LogP contribution < -0.4 is 4.74 Å². The Bertz CT molecular complexity index is 710. The van der Waals surface area contributed by atoms with Gasteiger partial charge in [0.05, 0.1) is 13.2 Å². The molecule has 1 amide bonds. The third kappa shape index (κ3) is 3.21. The summed E-state index contributed by atoms with van der Waals surface area (Å²) in [6.45, 7) is 5.44. The highest BCUT2D eigenvalue weighted by Crippen LogP contribution is 2.23. The first-order valence-electron chi connectivity index (χ1n) is 7.90. The predicted molar refractivity (Wildman–Crippen MR) is 86.5 cm³/mol. The van der Waals surface area contributed by atoms with E-state index in [1.54, 1.807) is 19.4 Å². The lowest BCUT2D eigenvalue weighted by molar-refractivity contribution is 0.0723. The van der Waals surface area contributed by atoms with Gasteiger partial charge in [0.15, 0.2) is 0 Å². The Morgan fingerprint density at radius 2 is 2.22 bits per heavy atom. The number of hydrogen-bond donors (Lipinski definition) is 0. The summed E-state index contributed by atoms with van der Waals surface area (Å²) in [5, 5.41) is 0. The fourth-order valence-electron chi connectivity index (χ4n) is 3.15. The van der Waals surface area contributed by atoms with Crippen molar-refractivity contribution in [1.82, 2.24) is 19.4 Å². The summed E-state index contributed by atoms with van der Waals surface area (Å²) in [6.07, 6.45) is 5.82. The molecular weight excluding hydrogens is 292 g/mol. The summed E-state index contributed by atoms with van der Waals surface area (Å²) in [5.41, 5.74) is 1.43. The van der Waals surface area contributed by atoms with Gasteiger partial charge in [0.25, 0.3) is 5.91 Å². The van der Waals surface area contributed by atoms with Crippen LogP contribution in [0.1, 0.15) is 34.7 Å². The van der Waals surface area contributed by atoms with Gasteiger partial charge >= 0.3 is 0 Å². The van der Waals surface area contributed by atoms with E-state index in [1.165, 1.54) is 0 Å². The molecule has 0 spiro atoms. The van der Waals surface area contributed by atoms with Crippen LogP contribution in [-0.4, -0.2) is 45.0 Å². The molecule has 0 radical (unpaired) electrons. The van der Waals surface area contributed by atoms with Crippen molar-refractivity contribution >= 4 is 5.91 Å². The molecule has 0 aromatic carbocycles. The lowest BCUT2D eigenvalue weighted by atomic mass is 10.1. The average molecular weight is 314 g/mol. The molecule has 0 N–H and O–H groups in total. The summed E-state index contributed by atoms with van der Waals surface area (Å²) < 4.78 is 7.29. The number of ether oxygens (including phenoxy) is 1. The number of aromatic nitrogens is 3. The van der Waals surface area contributed by atoms with E-state index in [0.29, 0.717) is 11.4 Å². The maximum atomic E-state index is 12.9. The smallest absolute Gasteiger partial charge is 0.254 e. The number of nitrogens with zero attached hydrogens (tertiary/aromatic N) is 4. The van der Waals surface area contributed by atoms with Gasteiger partial charge in [0.2, 0.25) is 5.88 Å². The monoisotopic (exact) mass is 314 g/mol. The minimum absolute atomic E-state index is 0.0501. The third-order valence-corrected chi connectivity index (χ3v) is 4.36. The minimum atomic E-state index is 0.0501. The molecule has 6 heteroatoms. The Morgan fingerprint density at radius 1 is 1.39 bits per heavy atom. The molecule has 2 aromatic heterocycles. The van der Waals surface area contributed by atoms with Crippen LogP contribution in [0.5, 0.6) is 5.88 Å². The average Bonchev–Trinajstić information content (AvgIpc) is 3.16. The van der Waals surface area contributed by atoms with Crippen LogP contribution in [0.4, 0.5) is 0 Å². The number of pyridine rings is 1. The van der Waals surface area contributed by atoms with Gasteiger partial charge in [-0.15, -0.1) is 0 Å². The number of carbonyl (C=O) groups excluding carboxylic acids is 1. The maximum Gasteiger partial charge on any atom is 0.254 e. The second-order valence-electron chi connectivity index (χ2n) is 5.96. The fraction of sp³-hybridized carbons (Fsp3) is 0.471. The van der Waals surface area contributed by atoms with Gasteiger partial charge in [0, 0.05) is 42.8 Å². The lowest BCUT2D eigenvalue weighted by Gasteiger charge is -2.25. The number of likely N-dealkylation sites (tertiary alicyclic amines) is 1. The summed E-state index contributed by atoms with van der Waals surface area (Å²) in [5.74, 6) is 1.51. The molecule has 3 heterocycles.